The fourth-order valence-electron chi connectivity index (χ4n) is 2.66. The van der Waals surface area contributed by atoms with E-state index in [2.05, 4.69) is 5.32 Å². The molecule has 0 unspecified atom stereocenters. The van der Waals surface area contributed by atoms with E-state index in [9.17, 15) is 9.59 Å². The van der Waals surface area contributed by atoms with Crippen molar-refractivity contribution in [2.24, 2.45) is 0 Å². The molecule has 0 aromatic heterocycles. The number of urea groups is 1. The number of aliphatic carboxylic acids is 1. The van der Waals surface area contributed by atoms with E-state index < -0.39 is 5.97 Å². The third-order valence-corrected chi connectivity index (χ3v) is 4.46. The smallest absolute Gasteiger partial charge is 0.317 e. The molecule has 5 nitrogen and oxygen atoms in total. The van der Waals surface area contributed by atoms with Gasteiger partial charge in [-0.3, -0.25) is 4.79 Å². The topological polar surface area (TPSA) is 69.6 Å². The lowest BCUT2D eigenvalue weighted by Gasteiger charge is -2.32. The summed E-state index contributed by atoms with van der Waals surface area (Å²) < 4.78 is 0. The van der Waals surface area contributed by atoms with Crippen molar-refractivity contribution in [3.05, 3.63) is 33.8 Å². The van der Waals surface area contributed by atoms with Gasteiger partial charge < -0.3 is 15.3 Å². The molecule has 0 saturated carbocycles. The van der Waals surface area contributed by atoms with Crippen LogP contribution in [0.2, 0.25) is 10.0 Å². The minimum Gasteiger partial charge on any atom is -0.481 e. The Morgan fingerprint density at radius 1 is 1.23 bits per heavy atom. The molecule has 1 aromatic rings. The normalized spacial score (nSPS) is 15.6. The maximum absolute atomic E-state index is 11.9. The summed E-state index contributed by atoms with van der Waals surface area (Å²) in [5.74, 6) is -0.684. The molecular formula is C15H18Cl2N2O3. The monoisotopic (exact) mass is 344 g/mol. The molecule has 0 spiro atoms. The van der Waals surface area contributed by atoms with Crippen LogP contribution in [0.5, 0.6) is 0 Å². The second-order valence-corrected chi connectivity index (χ2v) is 6.09. The zero-order valence-electron chi connectivity index (χ0n) is 12.0. The predicted molar refractivity (Wildman–Crippen MR) is 85.7 cm³/mol. The summed E-state index contributed by atoms with van der Waals surface area (Å²) in [6.07, 6.45) is 1.50. The third kappa shape index (κ3) is 4.27. The molecule has 2 amide bonds. The number of hydrogen-bond donors (Lipinski definition) is 2. The minimum atomic E-state index is -0.924. The summed E-state index contributed by atoms with van der Waals surface area (Å²) in [7, 11) is 0. The minimum absolute atomic E-state index is 0.0720. The van der Waals surface area contributed by atoms with E-state index in [-0.39, 0.29) is 24.9 Å². The second-order valence-electron chi connectivity index (χ2n) is 5.27. The molecule has 0 radical (unpaired) electrons. The number of amides is 2. The molecule has 1 aliphatic rings. The van der Waals surface area contributed by atoms with Gasteiger partial charge in [0.25, 0.3) is 0 Å². The number of halogens is 2. The second kappa shape index (κ2) is 7.70. The first kappa shape index (κ1) is 16.9. The number of carboxylic acid groups (broad SMARTS) is 1. The summed E-state index contributed by atoms with van der Waals surface area (Å²) >= 11 is 12.5. The highest BCUT2D eigenvalue weighted by molar-refractivity contribution is 6.36. The Bertz CT molecular complexity index is 537. The van der Waals surface area contributed by atoms with Crippen molar-refractivity contribution in [1.29, 1.82) is 0 Å². The van der Waals surface area contributed by atoms with Crippen LogP contribution in [-0.2, 0) is 4.79 Å². The van der Waals surface area contributed by atoms with E-state index in [1.807, 2.05) is 18.2 Å². The number of carbonyl (C=O) groups excluding carboxylic acids is 1. The van der Waals surface area contributed by atoms with E-state index in [0.717, 1.165) is 18.4 Å². The highest BCUT2D eigenvalue weighted by Gasteiger charge is 2.26. The molecule has 0 aliphatic carbocycles. The molecule has 1 aliphatic heterocycles. The van der Waals surface area contributed by atoms with Crippen molar-refractivity contribution in [2.45, 2.75) is 25.2 Å². The Kier molecular flexibility index (Phi) is 5.91. The van der Waals surface area contributed by atoms with Gasteiger partial charge in [0.2, 0.25) is 0 Å². The maximum Gasteiger partial charge on any atom is 0.317 e. The van der Waals surface area contributed by atoms with Crippen molar-refractivity contribution >= 4 is 35.2 Å². The van der Waals surface area contributed by atoms with E-state index >= 15 is 0 Å². The zero-order valence-corrected chi connectivity index (χ0v) is 13.5. The lowest BCUT2D eigenvalue weighted by Crippen LogP contribution is -2.44. The summed E-state index contributed by atoms with van der Waals surface area (Å²) in [5.41, 5.74) is 0.955. The van der Waals surface area contributed by atoms with Gasteiger partial charge in [-0.2, -0.15) is 0 Å². The molecule has 7 heteroatoms. The molecule has 1 aromatic carbocycles. The van der Waals surface area contributed by atoms with Crippen LogP contribution in [-0.4, -0.2) is 41.6 Å². The first-order chi connectivity index (χ1) is 10.5. The average Bonchev–Trinajstić information content (AvgIpc) is 2.47. The Labute approximate surface area is 139 Å². The van der Waals surface area contributed by atoms with Gasteiger partial charge in [0.1, 0.15) is 0 Å². The molecule has 2 N–H and O–H groups in total. The molecule has 120 valence electrons. The summed E-state index contributed by atoms with van der Waals surface area (Å²) in [6, 6.07) is 5.26. The SMILES string of the molecule is O=C(O)CCNC(=O)N1CCC(c2c(Cl)cccc2Cl)CC1. The largest absolute Gasteiger partial charge is 0.481 e. The predicted octanol–water partition coefficient (Wildman–Crippen LogP) is 3.36. The summed E-state index contributed by atoms with van der Waals surface area (Å²) in [5, 5.41) is 12.5. The molecule has 0 atom stereocenters. The standard InChI is InChI=1S/C15H18Cl2N2O3/c16-11-2-1-3-12(17)14(11)10-5-8-19(9-6-10)15(22)18-7-4-13(20)21/h1-3,10H,4-9H2,(H,18,22)(H,20,21). The molecule has 0 bridgehead atoms. The first-order valence-electron chi connectivity index (χ1n) is 7.17. The van der Waals surface area contributed by atoms with E-state index in [1.54, 1.807) is 4.90 Å². The quantitative estimate of drug-likeness (QED) is 0.879. The molecule has 1 heterocycles. The highest BCUT2D eigenvalue weighted by Crippen LogP contribution is 2.37. The molecule has 2 rings (SSSR count). The molecule has 1 saturated heterocycles. The van der Waals surface area contributed by atoms with Crippen molar-refractivity contribution in [2.75, 3.05) is 19.6 Å². The van der Waals surface area contributed by atoms with Crippen LogP contribution >= 0.6 is 23.2 Å². The lowest BCUT2D eigenvalue weighted by molar-refractivity contribution is -0.136. The van der Waals surface area contributed by atoms with Gasteiger partial charge in [-0.05, 0) is 36.5 Å². The van der Waals surface area contributed by atoms with Crippen LogP contribution in [0.1, 0.15) is 30.7 Å². The van der Waals surface area contributed by atoms with Crippen LogP contribution in [0.25, 0.3) is 0 Å². The number of nitrogens with zero attached hydrogens (tertiary/aromatic N) is 1. The fraction of sp³-hybridized carbons (Fsp3) is 0.467. The number of nitrogens with one attached hydrogen (secondary N) is 1. The number of rotatable bonds is 4. The number of likely N-dealkylation sites (tertiary alicyclic amines) is 1. The van der Waals surface area contributed by atoms with Gasteiger partial charge in [-0.1, -0.05) is 29.3 Å². The Morgan fingerprint density at radius 3 is 2.36 bits per heavy atom. The highest BCUT2D eigenvalue weighted by atomic mass is 35.5. The van der Waals surface area contributed by atoms with E-state index in [4.69, 9.17) is 28.3 Å². The van der Waals surface area contributed by atoms with Crippen molar-refractivity contribution in [3.63, 3.8) is 0 Å². The van der Waals surface area contributed by atoms with Crippen molar-refractivity contribution in [3.8, 4) is 0 Å². The average molecular weight is 345 g/mol. The molecular weight excluding hydrogens is 327 g/mol. The van der Waals surface area contributed by atoms with E-state index in [0.29, 0.717) is 23.1 Å². The van der Waals surface area contributed by atoms with Crippen molar-refractivity contribution < 1.29 is 14.7 Å². The Morgan fingerprint density at radius 2 is 1.82 bits per heavy atom. The maximum atomic E-state index is 11.9. The van der Waals surface area contributed by atoms with Gasteiger partial charge in [0.15, 0.2) is 0 Å². The third-order valence-electron chi connectivity index (χ3n) is 3.81. The molecule has 22 heavy (non-hydrogen) atoms. The summed E-state index contributed by atoms with van der Waals surface area (Å²) in [6.45, 7) is 1.35. The van der Waals surface area contributed by atoms with Crippen LogP contribution in [0.3, 0.4) is 0 Å². The first-order valence-corrected chi connectivity index (χ1v) is 7.93. The Balaban J connectivity index is 1.88. The van der Waals surface area contributed by atoms with Gasteiger partial charge in [0.05, 0.1) is 6.42 Å². The van der Waals surface area contributed by atoms with Gasteiger partial charge in [-0.15, -0.1) is 0 Å². The van der Waals surface area contributed by atoms with Crippen LogP contribution in [0, 0.1) is 0 Å². The van der Waals surface area contributed by atoms with Crippen LogP contribution in [0.15, 0.2) is 18.2 Å². The lowest BCUT2D eigenvalue weighted by atomic mass is 9.89. The van der Waals surface area contributed by atoms with Crippen molar-refractivity contribution in [1.82, 2.24) is 10.2 Å². The molecule has 1 fully saturated rings. The Hall–Kier alpha value is -1.46. The number of piperidine rings is 1. The fourth-order valence-corrected chi connectivity index (χ4v) is 3.37. The van der Waals surface area contributed by atoms with Gasteiger partial charge in [-0.25, -0.2) is 4.79 Å². The zero-order chi connectivity index (χ0) is 16.1. The number of benzene rings is 1. The summed E-state index contributed by atoms with van der Waals surface area (Å²) in [4.78, 5) is 24.1. The van der Waals surface area contributed by atoms with Crippen LogP contribution < -0.4 is 5.32 Å². The van der Waals surface area contributed by atoms with Gasteiger partial charge >= 0.3 is 12.0 Å². The van der Waals surface area contributed by atoms with Gasteiger partial charge in [0, 0.05) is 29.7 Å². The number of carbonyl (C=O) groups is 2. The van der Waals surface area contributed by atoms with E-state index in [1.165, 1.54) is 0 Å². The van der Waals surface area contributed by atoms with Crippen LogP contribution in [0.4, 0.5) is 4.79 Å². The number of hydrogen-bond acceptors (Lipinski definition) is 2. The number of carboxylic acids is 1.